The van der Waals surface area contributed by atoms with Gasteiger partial charge < -0.3 is 15.2 Å². The third-order valence-electron chi connectivity index (χ3n) is 2.48. The van der Waals surface area contributed by atoms with E-state index in [2.05, 4.69) is 10.1 Å². The first-order valence-electron chi connectivity index (χ1n) is 5.45. The average molecular weight is 337 g/mol. The van der Waals surface area contributed by atoms with Gasteiger partial charge in [0.15, 0.2) is 6.10 Å². The molecule has 114 valence electrons. The van der Waals surface area contributed by atoms with Crippen LogP contribution < -0.4 is 5.32 Å². The van der Waals surface area contributed by atoms with Gasteiger partial charge in [0, 0.05) is 18.7 Å². The lowest BCUT2D eigenvalue weighted by Gasteiger charge is -2.11. The molecule has 0 saturated heterocycles. The summed E-state index contributed by atoms with van der Waals surface area (Å²) in [6.07, 6.45) is -1.23. The SMILES string of the molecule is COC(CNC(=O)c1cc(Cl)c(Cl)c([N+](=O)[O-])c1)C(=O)O. The summed E-state index contributed by atoms with van der Waals surface area (Å²) in [5, 5.41) is 21.4. The molecule has 1 aromatic carbocycles. The minimum absolute atomic E-state index is 0.114. The molecule has 1 aromatic rings. The first-order chi connectivity index (χ1) is 9.77. The highest BCUT2D eigenvalue weighted by Gasteiger charge is 2.22. The Morgan fingerprint density at radius 3 is 2.57 bits per heavy atom. The minimum Gasteiger partial charge on any atom is -0.479 e. The third-order valence-corrected chi connectivity index (χ3v) is 3.27. The van der Waals surface area contributed by atoms with Crippen LogP contribution in [0.1, 0.15) is 10.4 Å². The van der Waals surface area contributed by atoms with E-state index in [-0.39, 0.29) is 22.2 Å². The number of carboxylic acid groups (broad SMARTS) is 1. The fourth-order valence-electron chi connectivity index (χ4n) is 1.40. The number of benzene rings is 1. The van der Waals surface area contributed by atoms with E-state index >= 15 is 0 Å². The Balaban J connectivity index is 2.93. The molecule has 0 aliphatic rings. The molecule has 2 N–H and O–H groups in total. The maximum Gasteiger partial charge on any atom is 0.334 e. The zero-order valence-electron chi connectivity index (χ0n) is 10.6. The predicted octanol–water partition coefficient (Wildman–Crippen LogP) is 1.73. The largest absolute Gasteiger partial charge is 0.479 e. The van der Waals surface area contributed by atoms with Crippen molar-refractivity contribution in [2.45, 2.75) is 6.10 Å². The fourth-order valence-corrected chi connectivity index (χ4v) is 1.79. The molecule has 0 heterocycles. The van der Waals surface area contributed by atoms with Crippen molar-refractivity contribution in [1.82, 2.24) is 5.32 Å². The number of methoxy groups -OCH3 is 1. The van der Waals surface area contributed by atoms with E-state index in [4.69, 9.17) is 28.3 Å². The van der Waals surface area contributed by atoms with Crippen LogP contribution in [0.2, 0.25) is 10.0 Å². The van der Waals surface area contributed by atoms with E-state index in [1.54, 1.807) is 0 Å². The summed E-state index contributed by atoms with van der Waals surface area (Å²) < 4.78 is 4.63. The molecule has 0 saturated carbocycles. The topological polar surface area (TPSA) is 119 Å². The molecule has 10 heteroatoms. The summed E-state index contributed by atoms with van der Waals surface area (Å²) in [5.74, 6) is -1.99. The van der Waals surface area contributed by atoms with Crippen molar-refractivity contribution in [3.05, 3.63) is 37.9 Å². The van der Waals surface area contributed by atoms with E-state index in [1.807, 2.05) is 0 Å². The molecule has 21 heavy (non-hydrogen) atoms. The second kappa shape index (κ2) is 7.21. The van der Waals surface area contributed by atoms with Crippen LogP contribution >= 0.6 is 23.2 Å². The van der Waals surface area contributed by atoms with E-state index in [0.717, 1.165) is 12.1 Å². The van der Waals surface area contributed by atoms with Gasteiger partial charge in [-0.3, -0.25) is 14.9 Å². The number of carbonyl (C=O) groups is 2. The zero-order valence-corrected chi connectivity index (χ0v) is 12.1. The monoisotopic (exact) mass is 336 g/mol. The number of nitro groups is 1. The third kappa shape index (κ3) is 4.28. The van der Waals surface area contributed by atoms with Crippen LogP contribution in [0.15, 0.2) is 12.1 Å². The van der Waals surface area contributed by atoms with Gasteiger partial charge in [-0.25, -0.2) is 4.79 Å². The van der Waals surface area contributed by atoms with E-state index < -0.39 is 28.6 Å². The van der Waals surface area contributed by atoms with Crippen molar-refractivity contribution in [2.24, 2.45) is 0 Å². The summed E-state index contributed by atoms with van der Waals surface area (Å²) in [6, 6.07) is 2.10. The fraction of sp³-hybridized carbons (Fsp3) is 0.273. The number of rotatable bonds is 6. The van der Waals surface area contributed by atoms with Crippen LogP contribution in [0, 0.1) is 10.1 Å². The molecule has 0 spiro atoms. The van der Waals surface area contributed by atoms with Crippen molar-refractivity contribution in [1.29, 1.82) is 0 Å². The molecule has 1 atom stereocenters. The number of carboxylic acids is 1. The molecule has 0 bridgehead atoms. The van der Waals surface area contributed by atoms with Gasteiger partial charge in [0.25, 0.3) is 11.6 Å². The number of aliphatic carboxylic acids is 1. The van der Waals surface area contributed by atoms with Crippen molar-refractivity contribution >= 4 is 40.8 Å². The lowest BCUT2D eigenvalue weighted by Crippen LogP contribution is -2.37. The Morgan fingerprint density at radius 2 is 2.10 bits per heavy atom. The molecule has 8 nitrogen and oxygen atoms in total. The summed E-state index contributed by atoms with van der Waals surface area (Å²) in [5.41, 5.74) is -0.632. The van der Waals surface area contributed by atoms with Crippen LogP contribution in [-0.2, 0) is 9.53 Å². The second-order valence-corrected chi connectivity index (χ2v) is 4.61. The van der Waals surface area contributed by atoms with Crippen molar-refractivity contribution in [2.75, 3.05) is 13.7 Å². The van der Waals surface area contributed by atoms with Gasteiger partial charge in [-0.15, -0.1) is 0 Å². The smallest absolute Gasteiger partial charge is 0.334 e. The molecule has 1 unspecified atom stereocenters. The number of nitrogens with one attached hydrogen (secondary N) is 1. The zero-order chi connectivity index (χ0) is 16.2. The number of hydrogen-bond donors (Lipinski definition) is 2. The Labute approximate surface area is 128 Å². The molecule has 1 rings (SSSR count). The molecule has 0 aliphatic carbocycles. The average Bonchev–Trinajstić information content (AvgIpc) is 2.41. The van der Waals surface area contributed by atoms with Gasteiger partial charge >= 0.3 is 5.97 Å². The van der Waals surface area contributed by atoms with Gasteiger partial charge in [-0.1, -0.05) is 23.2 Å². The van der Waals surface area contributed by atoms with Crippen LogP contribution in [0.25, 0.3) is 0 Å². The first kappa shape index (κ1) is 17.2. The molecule has 0 fully saturated rings. The molecular weight excluding hydrogens is 327 g/mol. The molecule has 0 aliphatic heterocycles. The number of ether oxygens (including phenoxy) is 1. The van der Waals surface area contributed by atoms with Crippen molar-refractivity contribution < 1.29 is 24.4 Å². The number of halogens is 2. The van der Waals surface area contributed by atoms with Gasteiger partial charge in [-0.05, 0) is 6.07 Å². The van der Waals surface area contributed by atoms with Crippen LogP contribution in [0.4, 0.5) is 5.69 Å². The van der Waals surface area contributed by atoms with Gasteiger partial charge in [-0.2, -0.15) is 0 Å². The summed E-state index contributed by atoms with van der Waals surface area (Å²) in [6.45, 7) is -0.307. The second-order valence-electron chi connectivity index (χ2n) is 3.82. The quantitative estimate of drug-likeness (QED) is 0.603. The minimum atomic E-state index is -1.25. The van der Waals surface area contributed by atoms with Gasteiger partial charge in [0.1, 0.15) is 5.02 Å². The highest BCUT2D eigenvalue weighted by Crippen LogP contribution is 2.32. The summed E-state index contributed by atoms with van der Waals surface area (Å²) >= 11 is 11.4. The number of nitrogens with zero attached hydrogens (tertiary/aromatic N) is 1. The van der Waals surface area contributed by atoms with E-state index in [1.165, 1.54) is 7.11 Å². The number of nitro benzene ring substituents is 1. The normalized spacial score (nSPS) is 11.8. The summed E-state index contributed by atoms with van der Waals surface area (Å²) in [4.78, 5) is 32.6. The molecular formula is C11H10Cl2N2O6. The Bertz CT molecular complexity index is 592. The lowest BCUT2D eigenvalue weighted by atomic mass is 10.2. The maximum atomic E-state index is 11.8. The summed E-state index contributed by atoms with van der Waals surface area (Å²) in [7, 11) is 1.18. The van der Waals surface area contributed by atoms with E-state index in [0.29, 0.717) is 0 Å². The Hall–Kier alpha value is -1.90. The lowest BCUT2D eigenvalue weighted by molar-refractivity contribution is -0.384. The van der Waals surface area contributed by atoms with Crippen LogP contribution in [0.3, 0.4) is 0 Å². The van der Waals surface area contributed by atoms with Gasteiger partial charge in [0.05, 0.1) is 16.5 Å². The number of amides is 1. The Kier molecular flexibility index (Phi) is 5.89. The van der Waals surface area contributed by atoms with Crippen molar-refractivity contribution in [3.63, 3.8) is 0 Å². The molecule has 1 amide bonds. The van der Waals surface area contributed by atoms with Crippen LogP contribution in [-0.4, -0.2) is 41.7 Å². The van der Waals surface area contributed by atoms with Crippen LogP contribution in [0.5, 0.6) is 0 Å². The molecule has 0 radical (unpaired) electrons. The predicted molar refractivity (Wildman–Crippen MR) is 73.9 cm³/mol. The first-order valence-corrected chi connectivity index (χ1v) is 6.20. The number of carbonyl (C=O) groups excluding carboxylic acids is 1. The molecule has 0 aromatic heterocycles. The van der Waals surface area contributed by atoms with E-state index in [9.17, 15) is 19.7 Å². The van der Waals surface area contributed by atoms with Crippen molar-refractivity contribution in [3.8, 4) is 0 Å². The van der Waals surface area contributed by atoms with Gasteiger partial charge in [0.2, 0.25) is 0 Å². The highest BCUT2D eigenvalue weighted by molar-refractivity contribution is 6.43. The number of hydrogen-bond acceptors (Lipinski definition) is 5. The maximum absolute atomic E-state index is 11.8. The highest BCUT2D eigenvalue weighted by atomic mass is 35.5. The standard InChI is InChI=1S/C11H10Cl2N2O6/c1-21-8(11(17)18)4-14-10(16)5-2-6(12)9(13)7(3-5)15(19)20/h2-3,8H,4H2,1H3,(H,14,16)(H,17,18). The Morgan fingerprint density at radius 1 is 1.48 bits per heavy atom.